The number of carbonyl (C=O) groups is 5. The van der Waals surface area contributed by atoms with Crippen LogP contribution in [0.5, 0.6) is 0 Å². The van der Waals surface area contributed by atoms with Crippen LogP contribution in [-0.2, 0) is 19.1 Å². The summed E-state index contributed by atoms with van der Waals surface area (Å²) in [5.74, 6) is -2.11. The third-order valence-electron chi connectivity index (χ3n) is 5.91. The van der Waals surface area contributed by atoms with Gasteiger partial charge in [-0.25, -0.2) is 4.79 Å². The fraction of sp³-hybridized carbons (Fsp3) is 0.258. The second-order valence-corrected chi connectivity index (χ2v) is 9.21. The maximum absolute atomic E-state index is 12.4. The van der Waals surface area contributed by atoms with E-state index in [9.17, 15) is 24.0 Å². The van der Waals surface area contributed by atoms with E-state index in [2.05, 4.69) is 5.32 Å². The fourth-order valence-corrected chi connectivity index (χ4v) is 3.61. The van der Waals surface area contributed by atoms with Crippen LogP contribution in [0.25, 0.3) is 0 Å². The van der Waals surface area contributed by atoms with E-state index in [1.54, 1.807) is 36.4 Å². The van der Waals surface area contributed by atoms with Crippen molar-refractivity contribution in [2.45, 2.75) is 46.1 Å². The topological polar surface area (TPSA) is 116 Å². The molecule has 0 aromatic heterocycles. The van der Waals surface area contributed by atoms with Gasteiger partial charge >= 0.3 is 11.9 Å². The Morgan fingerprint density at radius 2 is 1.26 bits per heavy atom. The minimum absolute atomic E-state index is 0.00890. The van der Waals surface area contributed by atoms with Crippen molar-refractivity contribution in [3.05, 3.63) is 101 Å². The highest BCUT2D eigenvalue weighted by Gasteiger charge is 2.19. The van der Waals surface area contributed by atoms with Gasteiger partial charge in [0.15, 0.2) is 18.5 Å². The Kier molecular flexibility index (Phi) is 10.3. The Balaban J connectivity index is 1.37. The Morgan fingerprint density at radius 1 is 0.718 bits per heavy atom. The number of benzene rings is 3. The fourth-order valence-electron chi connectivity index (χ4n) is 3.61. The van der Waals surface area contributed by atoms with Crippen molar-refractivity contribution in [1.29, 1.82) is 0 Å². The summed E-state index contributed by atoms with van der Waals surface area (Å²) in [7, 11) is 0. The lowest BCUT2D eigenvalue weighted by atomic mass is 10.1. The first kappa shape index (κ1) is 29.0. The lowest BCUT2D eigenvalue weighted by molar-refractivity contribution is -0.146. The van der Waals surface area contributed by atoms with Crippen LogP contribution in [0.15, 0.2) is 72.8 Å². The number of hydrogen-bond donors (Lipinski definition) is 1. The predicted octanol–water partition coefficient (Wildman–Crippen LogP) is 5.27. The first-order chi connectivity index (χ1) is 18.6. The molecule has 39 heavy (non-hydrogen) atoms. The highest BCUT2D eigenvalue weighted by Crippen LogP contribution is 2.13. The average molecular weight is 530 g/mol. The number of hydrogen-bond acceptors (Lipinski definition) is 7. The molecule has 1 N–H and O–H groups in total. The van der Waals surface area contributed by atoms with Crippen LogP contribution in [-0.4, -0.2) is 42.1 Å². The highest BCUT2D eigenvalue weighted by atomic mass is 16.5. The van der Waals surface area contributed by atoms with Gasteiger partial charge in [-0.2, -0.15) is 0 Å². The number of nitrogens with one attached hydrogen (secondary N) is 1. The largest absolute Gasteiger partial charge is 0.454 e. The predicted molar refractivity (Wildman–Crippen MR) is 146 cm³/mol. The van der Waals surface area contributed by atoms with E-state index in [4.69, 9.17) is 9.47 Å². The van der Waals surface area contributed by atoms with E-state index in [0.717, 1.165) is 11.1 Å². The van der Waals surface area contributed by atoms with E-state index in [-0.39, 0.29) is 48.9 Å². The van der Waals surface area contributed by atoms with Crippen molar-refractivity contribution in [2.75, 3.05) is 11.9 Å². The van der Waals surface area contributed by atoms with Crippen molar-refractivity contribution >= 4 is 35.1 Å². The summed E-state index contributed by atoms with van der Waals surface area (Å²) in [6.45, 7) is 4.98. The molecule has 0 aliphatic rings. The third-order valence-corrected chi connectivity index (χ3v) is 5.91. The number of ketones is 2. The van der Waals surface area contributed by atoms with Gasteiger partial charge in [0.1, 0.15) is 0 Å². The Hall–Kier alpha value is -4.59. The average Bonchev–Trinajstić information content (AvgIpc) is 2.92. The zero-order chi connectivity index (χ0) is 28.4. The third kappa shape index (κ3) is 9.03. The van der Waals surface area contributed by atoms with E-state index >= 15 is 0 Å². The molecule has 0 aliphatic carbocycles. The van der Waals surface area contributed by atoms with Crippen LogP contribution >= 0.6 is 0 Å². The molecule has 0 unspecified atom stereocenters. The number of rotatable bonds is 12. The van der Waals surface area contributed by atoms with E-state index in [1.165, 1.54) is 19.1 Å². The molecule has 0 heterocycles. The van der Waals surface area contributed by atoms with E-state index in [0.29, 0.717) is 16.8 Å². The molecule has 1 atom stereocenters. The molecule has 0 radical (unpaired) electrons. The number of Topliss-reactive ketones (excluding diaryl/α,β-unsaturated/α-hetero) is 2. The van der Waals surface area contributed by atoms with Gasteiger partial charge in [0.2, 0.25) is 11.7 Å². The van der Waals surface area contributed by atoms with Crippen LogP contribution in [0.2, 0.25) is 0 Å². The van der Waals surface area contributed by atoms with Gasteiger partial charge in [0, 0.05) is 29.7 Å². The summed E-state index contributed by atoms with van der Waals surface area (Å²) >= 11 is 0. The van der Waals surface area contributed by atoms with Gasteiger partial charge in [-0.1, -0.05) is 59.7 Å². The minimum atomic E-state index is -0.917. The molecule has 8 nitrogen and oxygen atoms in total. The molecule has 3 aromatic carbocycles. The Bertz CT molecular complexity index is 1330. The van der Waals surface area contributed by atoms with Crippen molar-refractivity contribution in [3.63, 3.8) is 0 Å². The van der Waals surface area contributed by atoms with E-state index in [1.807, 2.05) is 38.1 Å². The number of anilines is 1. The van der Waals surface area contributed by atoms with Crippen LogP contribution in [0, 0.1) is 13.8 Å². The summed E-state index contributed by atoms with van der Waals surface area (Å²) in [4.78, 5) is 61.2. The molecule has 1 amide bonds. The summed E-state index contributed by atoms with van der Waals surface area (Å²) in [6.07, 6.45) is -0.610. The summed E-state index contributed by atoms with van der Waals surface area (Å²) in [6, 6.07) is 20.0. The highest BCUT2D eigenvalue weighted by molar-refractivity contribution is 6.00. The molecule has 3 aromatic rings. The Labute approximate surface area is 227 Å². The molecule has 8 heteroatoms. The first-order valence-corrected chi connectivity index (χ1v) is 12.6. The molecule has 3 rings (SSSR count). The van der Waals surface area contributed by atoms with Crippen LogP contribution < -0.4 is 5.32 Å². The second-order valence-electron chi connectivity index (χ2n) is 9.21. The molecule has 0 saturated heterocycles. The Morgan fingerprint density at radius 3 is 1.85 bits per heavy atom. The lowest BCUT2D eigenvalue weighted by Crippen LogP contribution is -2.24. The number of amides is 1. The standard InChI is InChI=1S/C31H31NO7/c1-20-7-11-23(12-8-20)27(33)19-38-31(37)25-15-17-26(18-16-25)32-28(34)5-4-6-29(35)39-22(3)30(36)24-13-9-21(2)10-14-24/h7-18,22H,4-6,19H2,1-3H3,(H,32,34)/t22-/m0/s1. The van der Waals surface area contributed by atoms with Gasteiger partial charge in [-0.05, 0) is 51.5 Å². The van der Waals surface area contributed by atoms with Crippen LogP contribution in [0.1, 0.15) is 68.4 Å². The zero-order valence-corrected chi connectivity index (χ0v) is 22.2. The molecule has 202 valence electrons. The summed E-state index contributed by atoms with van der Waals surface area (Å²) in [5, 5.41) is 2.69. The van der Waals surface area contributed by atoms with Crippen molar-refractivity contribution in [1.82, 2.24) is 0 Å². The molecule has 0 aliphatic heterocycles. The van der Waals surface area contributed by atoms with Gasteiger partial charge in [0.05, 0.1) is 5.56 Å². The number of carbonyl (C=O) groups excluding carboxylic acids is 5. The van der Waals surface area contributed by atoms with Crippen molar-refractivity contribution < 1.29 is 33.4 Å². The van der Waals surface area contributed by atoms with Gasteiger partial charge in [0.25, 0.3) is 0 Å². The summed E-state index contributed by atoms with van der Waals surface area (Å²) in [5.41, 5.74) is 3.68. The quantitative estimate of drug-likeness (QED) is 0.251. The zero-order valence-electron chi connectivity index (χ0n) is 22.2. The normalized spacial score (nSPS) is 11.3. The number of ether oxygens (including phenoxy) is 2. The second kappa shape index (κ2) is 13.8. The molecular formula is C31H31NO7. The number of aryl methyl sites for hydroxylation is 2. The smallest absolute Gasteiger partial charge is 0.338 e. The maximum atomic E-state index is 12.4. The molecule has 0 fully saturated rings. The molecular weight excluding hydrogens is 498 g/mol. The van der Waals surface area contributed by atoms with Gasteiger partial charge < -0.3 is 14.8 Å². The van der Waals surface area contributed by atoms with Crippen molar-refractivity contribution in [2.24, 2.45) is 0 Å². The van der Waals surface area contributed by atoms with Gasteiger partial charge in [-0.15, -0.1) is 0 Å². The maximum Gasteiger partial charge on any atom is 0.338 e. The van der Waals surface area contributed by atoms with Gasteiger partial charge in [-0.3, -0.25) is 19.2 Å². The monoisotopic (exact) mass is 529 g/mol. The SMILES string of the molecule is Cc1ccc(C(=O)COC(=O)c2ccc(NC(=O)CCCC(=O)O[C@@H](C)C(=O)c3ccc(C)cc3)cc2)cc1. The molecule has 0 bridgehead atoms. The van der Waals surface area contributed by atoms with Crippen molar-refractivity contribution in [3.8, 4) is 0 Å². The van der Waals surface area contributed by atoms with Crippen LogP contribution in [0.4, 0.5) is 5.69 Å². The van der Waals surface area contributed by atoms with E-state index < -0.39 is 18.0 Å². The molecule has 0 saturated carbocycles. The first-order valence-electron chi connectivity index (χ1n) is 12.6. The lowest BCUT2D eigenvalue weighted by Gasteiger charge is -2.12. The minimum Gasteiger partial charge on any atom is -0.454 e. The molecule has 0 spiro atoms. The number of esters is 2. The van der Waals surface area contributed by atoms with Crippen LogP contribution in [0.3, 0.4) is 0 Å². The summed E-state index contributed by atoms with van der Waals surface area (Å²) < 4.78 is 10.3.